The van der Waals surface area contributed by atoms with Gasteiger partial charge in [-0.15, -0.1) is 0 Å². The molecule has 9 nitrogen and oxygen atoms in total. The van der Waals surface area contributed by atoms with Crippen LogP contribution >= 0.6 is 28.1 Å². The summed E-state index contributed by atoms with van der Waals surface area (Å²) in [4.78, 5) is 34.0. The molecule has 3 N–H and O–H groups in total. The number of hydrogen-bond donors (Lipinski definition) is 3. The Morgan fingerprint density at radius 3 is 2.44 bits per heavy atom. The molecule has 0 heterocycles. The number of carbonyl (C=O) groups excluding carboxylic acids is 2. The molecule has 0 aliphatic heterocycles. The number of halogens is 1. The molecule has 2 rings (SSSR count). The van der Waals surface area contributed by atoms with Gasteiger partial charge in [-0.1, -0.05) is 28.1 Å². The van der Waals surface area contributed by atoms with Crippen LogP contribution < -0.4 is 20.9 Å². The molecule has 0 saturated carbocycles. The number of para-hydroxylation sites is 1. The minimum absolute atomic E-state index is 0.150. The number of rotatable bonds is 5. The number of nitro groups is 1. The highest BCUT2D eigenvalue weighted by molar-refractivity contribution is 9.10. The standard InChI is InChI=1S/C16H13BrN4O5S/c17-10-5-7-11(8-6-10)26-9-14(22)18-16(27)20-19-15(23)12-3-1-2-4-13(12)21(24)25/h1-8H,9H2,(H,19,23)(H2,18,20,22,27). The lowest BCUT2D eigenvalue weighted by Gasteiger charge is -2.11. The quantitative estimate of drug-likeness (QED) is 0.360. The van der Waals surface area contributed by atoms with Crippen LogP contribution in [0.15, 0.2) is 53.0 Å². The van der Waals surface area contributed by atoms with Gasteiger partial charge in [0, 0.05) is 10.5 Å². The summed E-state index contributed by atoms with van der Waals surface area (Å²) in [6.07, 6.45) is 0. The molecule has 0 radical (unpaired) electrons. The van der Waals surface area contributed by atoms with E-state index in [-0.39, 0.29) is 23.0 Å². The van der Waals surface area contributed by atoms with Gasteiger partial charge >= 0.3 is 0 Å². The molecular weight excluding hydrogens is 440 g/mol. The summed E-state index contributed by atoms with van der Waals surface area (Å²) in [7, 11) is 0. The number of nitro benzene ring substituents is 1. The van der Waals surface area contributed by atoms with E-state index in [1.54, 1.807) is 24.3 Å². The van der Waals surface area contributed by atoms with Crippen molar-refractivity contribution < 1.29 is 19.2 Å². The molecule has 0 aliphatic rings. The number of thiocarbonyl (C=S) groups is 1. The third kappa shape index (κ3) is 6.31. The Morgan fingerprint density at radius 2 is 1.78 bits per heavy atom. The molecule has 0 unspecified atom stereocenters. The summed E-state index contributed by atoms with van der Waals surface area (Å²) in [5, 5.41) is 13.0. The Labute approximate surface area is 167 Å². The SMILES string of the molecule is O=C(COc1ccc(Br)cc1)NC(=S)NNC(=O)c1ccccc1[N+](=O)[O-]. The van der Waals surface area contributed by atoms with Crippen LogP contribution in [-0.4, -0.2) is 28.5 Å². The fourth-order valence-electron chi connectivity index (χ4n) is 1.88. The molecule has 0 spiro atoms. The van der Waals surface area contributed by atoms with Crippen LogP contribution in [0.25, 0.3) is 0 Å². The Morgan fingerprint density at radius 1 is 1.11 bits per heavy atom. The monoisotopic (exact) mass is 452 g/mol. The van der Waals surface area contributed by atoms with Gasteiger partial charge in [0.15, 0.2) is 11.7 Å². The summed E-state index contributed by atoms with van der Waals surface area (Å²) < 4.78 is 6.15. The van der Waals surface area contributed by atoms with Crippen LogP contribution in [0.2, 0.25) is 0 Å². The predicted molar refractivity (Wildman–Crippen MR) is 104 cm³/mol. The molecule has 2 amide bonds. The van der Waals surface area contributed by atoms with Crippen molar-refractivity contribution in [2.24, 2.45) is 0 Å². The van der Waals surface area contributed by atoms with Gasteiger partial charge in [0.2, 0.25) is 0 Å². The Hall–Kier alpha value is -3.05. The Balaban J connectivity index is 1.80. The van der Waals surface area contributed by atoms with E-state index in [1.807, 2.05) is 0 Å². The van der Waals surface area contributed by atoms with Gasteiger partial charge in [-0.05, 0) is 42.5 Å². The molecule has 0 aromatic heterocycles. The fraction of sp³-hybridized carbons (Fsp3) is 0.0625. The second-order valence-corrected chi connectivity index (χ2v) is 6.30. The molecule has 27 heavy (non-hydrogen) atoms. The summed E-state index contributed by atoms with van der Waals surface area (Å²) in [6, 6.07) is 12.3. The topological polar surface area (TPSA) is 123 Å². The van der Waals surface area contributed by atoms with E-state index >= 15 is 0 Å². The van der Waals surface area contributed by atoms with Crippen LogP contribution in [-0.2, 0) is 4.79 Å². The number of hydrazine groups is 1. The number of carbonyl (C=O) groups is 2. The maximum Gasteiger partial charge on any atom is 0.282 e. The predicted octanol–water partition coefficient (Wildman–Crippen LogP) is 2.07. The molecule has 0 aliphatic carbocycles. The van der Waals surface area contributed by atoms with Crippen molar-refractivity contribution in [1.29, 1.82) is 0 Å². The zero-order valence-electron chi connectivity index (χ0n) is 13.6. The summed E-state index contributed by atoms with van der Waals surface area (Å²) >= 11 is 8.16. The summed E-state index contributed by atoms with van der Waals surface area (Å²) in [5.41, 5.74) is 3.98. The number of hydrogen-bond acceptors (Lipinski definition) is 6. The second-order valence-electron chi connectivity index (χ2n) is 4.97. The van der Waals surface area contributed by atoms with Gasteiger partial charge in [0.1, 0.15) is 11.3 Å². The van der Waals surface area contributed by atoms with Gasteiger partial charge in [-0.2, -0.15) is 0 Å². The molecule has 0 saturated heterocycles. The van der Waals surface area contributed by atoms with Crippen molar-refractivity contribution in [3.05, 3.63) is 68.7 Å². The highest BCUT2D eigenvalue weighted by Gasteiger charge is 2.19. The number of nitrogens with zero attached hydrogens (tertiary/aromatic N) is 1. The van der Waals surface area contributed by atoms with E-state index in [9.17, 15) is 19.7 Å². The first-order valence-corrected chi connectivity index (χ1v) is 8.59. The minimum Gasteiger partial charge on any atom is -0.484 e. The zero-order valence-corrected chi connectivity index (χ0v) is 16.0. The van der Waals surface area contributed by atoms with Gasteiger partial charge < -0.3 is 4.74 Å². The van der Waals surface area contributed by atoms with Crippen LogP contribution in [0, 0.1) is 10.1 Å². The van der Waals surface area contributed by atoms with Crippen molar-refractivity contribution in [1.82, 2.24) is 16.2 Å². The van der Waals surface area contributed by atoms with Gasteiger partial charge in [-0.3, -0.25) is 35.9 Å². The van der Waals surface area contributed by atoms with E-state index in [4.69, 9.17) is 17.0 Å². The maximum atomic E-state index is 12.0. The van der Waals surface area contributed by atoms with Crippen LogP contribution in [0.3, 0.4) is 0 Å². The summed E-state index contributed by atoms with van der Waals surface area (Å²) in [6.45, 7) is -0.290. The highest BCUT2D eigenvalue weighted by atomic mass is 79.9. The molecular formula is C16H13BrN4O5S. The number of nitrogens with one attached hydrogen (secondary N) is 3. The Bertz CT molecular complexity index is 875. The lowest BCUT2D eigenvalue weighted by Crippen LogP contribution is -2.49. The van der Waals surface area contributed by atoms with Gasteiger partial charge in [0.05, 0.1) is 4.92 Å². The van der Waals surface area contributed by atoms with Crippen molar-refractivity contribution >= 4 is 50.8 Å². The lowest BCUT2D eigenvalue weighted by atomic mass is 10.2. The molecule has 0 fully saturated rings. The first-order chi connectivity index (χ1) is 12.9. The molecule has 11 heteroatoms. The number of ether oxygens (including phenoxy) is 1. The number of amides is 2. The average Bonchev–Trinajstić information content (AvgIpc) is 2.65. The largest absolute Gasteiger partial charge is 0.484 e. The van der Waals surface area contributed by atoms with Crippen molar-refractivity contribution in [3.63, 3.8) is 0 Å². The van der Waals surface area contributed by atoms with E-state index in [0.717, 1.165) is 4.47 Å². The first kappa shape index (κ1) is 20.3. The maximum absolute atomic E-state index is 12.0. The van der Waals surface area contributed by atoms with E-state index in [0.29, 0.717) is 5.75 Å². The lowest BCUT2D eigenvalue weighted by molar-refractivity contribution is -0.385. The molecule has 2 aromatic rings. The van der Waals surface area contributed by atoms with Crippen LogP contribution in [0.5, 0.6) is 5.75 Å². The van der Waals surface area contributed by atoms with Crippen LogP contribution in [0.4, 0.5) is 5.69 Å². The van der Waals surface area contributed by atoms with Crippen molar-refractivity contribution in [3.8, 4) is 5.75 Å². The van der Waals surface area contributed by atoms with Crippen molar-refractivity contribution in [2.75, 3.05) is 6.61 Å². The normalized spacial score (nSPS) is 9.81. The summed E-state index contributed by atoms with van der Waals surface area (Å²) in [5.74, 6) is -0.822. The zero-order chi connectivity index (χ0) is 19.8. The molecule has 2 aromatic carbocycles. The Kier molecular flexibility index (Phi) is 7.20. The molecule has 140 valence electrons. The van der Waals surface area contributed by atoms with Crippen LogP contribution in [0.1, 0.15) is 10.4 Å². The third-order valence-corrected chi connectivity index (χ3v) is 3.80. The van der Waals surface area contributed by atoms with Gasteiger partial charge in [0.25, 0.3) is 17.5 Å². The highest BCUT2D eigenvalue weighted by Crippen LogP contribution is 2.17. The minimum atomic E-state index is -0.773. The average molecular weight is 453 g/mol. The fourth-order valence-corrected chi connectivity index (χ4v) is 2.31. The smallest absolute Gasteiger partial charge is 0.282 e. The third-order valence-electron chi connectivity index (χ3n) is 3.07. The van der Waals surface area contributed by atoms with E-state index < -0.39 is 16.7 Å². The molecule has 0 atom stereocenters. The van der Waals surface area contributed by atoms with E-state index in [1.165, 1.54) is 24.3 Å². The second kappa shape index (κ2) is 9.59. The number of benzene rings is 2. The van der Waals surface area contributed by atoms with Crippen molar-refractivity contribution in [2.45, 2.75) is 0 Å². The van der Waals surface area contributed by atoms with E-state index in [2.05, 4.69) is 32.1 Å². The first-order valence-electron chi connectivity index (χ1n) is 7.39. The van der Waals surface area contributed by atoms with Gasteiger partial charge in [-0.25, -0.2) is 0 Å². The molecule has 0 bridgehead atoms.